The highest BCUT2D eigenvalue weighted by Gasteiger charge is 2.30. The molecule has 7 heteroatoms. The first-order valence-corrected chi connectivity index (χ1v) is 8.14. The van der Waals surface area contributed by atoms with E-state index in [1.807, 2.05) is 6.92 Å². The first-order chi connectivity index (χ1) is 11.5. The molecule has 1 unspecified atom stereocenters. The first-order valence-electron chi connectivity index (χ1n) is 8.14. The zero-order chi connectivity index (χ0) is 19.3. The molecule has 1 atom stereocenters. The average Bonchev–Trinajstić information content (AvgIpc) is 2.51. The second kappa shape index (κ2) is 8.36. The van der Waals surface area contributed by atoms with Crippen molar-refractivity contribution in [3.63, 3.8) is 0 Å². The van der Waals surface area contributed by atoms with Gasteiger partial charge >= 0.3 is 12.1 Å². The van der Waals surface area contributed by atoms with Gasteiger partial charge in [0.05, 0.1) is 11.0 Å². The van der Waals surface area contributed by atoms with Gasteiger partial charge < -0.3 is 10.4 Å². The van der Waals surface area contributed by atoms with Crippen LogP contribution < -0.4 is 5.32 Å². The summed E-state index contributed by atoms with van der Waals surface area (Å²) < 4.78 is 37.7. The van der Waals surface area contributed by atoms with E-state index >= 15 is 0 Å². The Kier molecular flexibility index (Phi) is 7.02. The molecule has 1 aromatic carbocycles. The molecule has 0 aliphatic rings. The van der Waals surface area contributed by atoms with Crippen molar-refractivity contribution < 1.29 is 27.9 Å². The number of carbonyl (C=O) groups excluding carboxylic acids is 1. The summed E-state index contributed by atoms with van der Waals surface area (Å²) in [6.45, 7) is 5.24. The molecular formula is C18H24F3NO3. The summed E-state index contributed by atoms with van der Waals surface area (Å²) in [4.78, 5) is 23.3. The van der Waals surface area contributed by atoms with Gasteiger partial charge in [0.15, 0.2) is 0 Å². The van der Waals surface area contributed by atoms with Crippen LogP contribution in [0.4, 0.5) is 13.2 Å². The molecular weight excluding hydrogens is 335 g/mol. The Morgan fingerprint density at radius 2 is 1.72 bits per heavy atom. The zero-order valence-electron chi connectivity index (χ0n) is 14.6. The molecule has 140 valence electrons. The minimum Gasteiger partial charge on any atom is -0.481 e. The molecule has 0 heterocycles. The van der Waals surface area contributed by atoms with E-state index in [1.165, 1.54) is 12.1 Å². The number of nitrogens with one attached hydrogen (secondary N) is 1. The Hall–Kier alpha value is -2.05. The summed E-state index contributed by atoms with van der Waals surface area (Å²) in [5.41, 5.74) is -0.992. The Bertz CT molecular complexity index is 595. The topological polar surface area (TPSA) is 66.4 Å². The maximum atomic E-state index is 12.6. The van der Waals surface area contributed by atoms with Gasteiger partial charge in [-0.05, 0) is 50.8 Å². The van der Waals surface area contributed by atoms with Crippen molar-refractivity contribution in [2.24, 2.45) is 11.3 Å². The highest BCUT2D eigenvalue weighted by atomic mass is 19.4. The highest BCUT2D eigenvalue weighted by Crippen LogP contribution is 2.29. The van der Waals surface area contributed by atoms with E-state index in [0.29, 0.717) is 24.8 Å². The third kappa shape index (κ3) is 6.40. The van der Waals surface area contributed by atoms with Crippen molar-refractivity contribution in [2.45, 2.75) is 46.2 Å². The van der Waals surface area contributed by atoms with Crippen molar-refractivity contribution in [2.75, 3.05) is 6.54 Å². The fourth-order valence-corrected chi connectivity index (χ4v) is 2.29. The average molecular weight is 359 g/mol. The lowest BCUT2D eigenvalue weighted by atomic mass is 9.89. The molecule has 2 N–H and O–H groups in total. The molecule has 0 saturated carbocycles. The third-order valence-electron chi connectivity index (χ3n) is 4.26. The van der Waals surface area contributed by atoms with Gasteiger partial charge in [0.25, 0.3) is 0 Å². The van der Waals surface area contributed by atoms with E-state index in [1.54, 1.807) is 13.8 Å². The quantitative estimate of drug-likeness (QED) is 0.740. The number of carbonyl (C=O) groups is 2. The minimum absolute atomic E-state index is 0.219. The van der Waals surface area contributed by atoms with Gasteiger partial charge in [0.2, 0.25) is 5.91 Å². The van der Waals surface area contributed by atoms with Gasteiger partial charge in [0.1, 0.15) is 0 Å². The van der Waals surface area contributed by atoms with E-state index in [4.69, 9.17) is 5.11 Å². The maximum absolute atomic E-state index is 12.6. The summed E-state index contributed by atoms with van der Waals surface area (Å²) in [6.07, 6.45) is -3.21. The number of hydrogen-bond acceptors (Lipinski definition) is 2. The summed E-state index contributed by atoms with van der Waals surface area (Å²) in [7, 11) is 0. The summed E-state index contributed by atoms with van der Waals surface area (Å²) in [5, 5.41) is 11.8. The van der Waals surface area contributed by atoms with Crippen molar-refractivity contribution in [3.05, 3.63) is 35.4 Å². The molecule has 0 spiro atoms. The van der Waals surface area contributed by atoms with Gasteiger partial charge in [-0.2, -0.15) is 13.2 Å². The molecule has 4 nitrogen and oxygen atoms in total. The van der Waals surface area contributed by atoms with E-state index in [0.717, 1.165) is 12.1 Å². The molecule has 0 aromatic heterocycles. The van der Waals surface area contributed by atoms with Crippen LogP contribution in [0.25, 0.3) is 0 Å². The Labute approximate surface area is 145 Å². The number of hydrogen-bond donors (Lipinski definition) is 2. The van der Waals surface area contributed by atoms with Gasteiger partial charge in [-0.25, -0.2) is 0 Å². The van der Waals surface area contributed by atoms with Crippen LogP contribution >= 0.6 is 0 Å². The first kappa shape index (κ1) is 21.0. The largest absolute Gasteiger partial charge is 0.481 e. The van der Waals surface area contributed by atoms with Gasteiger partial charge in [0, 0.05) is 12.5 Å². The molecule has 1 amide bonds. The van der Waals surface area contributed by atoms with Crippen molar-refractivity contribution in [3.8, 4) is 0 Å². The zero-order valence-corrected chi connectivity index (χ0v) is 14.6. The van der Waals surface area contributed by atoms with Crippen LogP contribution in [0, 0.1) is 11.3 Å². The predicted molar refractivity (Wildman–Crippen MR) is 88.0 cm³/mol. The number of halogens is 3. The van der Waals surface area contributed by atoms with Crippen molar-refractivity contribution >= 4 is 11.9 Å². The Balaban J connectivity index is 2.61. The van der Waals surface area contributed by atoms with Crippen LogP contribution in [0.2, 0.25) is 0 Å². The van der Waals surface area contributed by atoms with E-state index in [9.17, 15) is 22.8 Å². The highest BCUT2D eigenvalue weighted by molar-refractivity contribution is 5.79. The predicted octanol–water partition coefficient (Wildman–Crippen LogP) is 3.89. The number of rotatable bonds is 8. The van der Waals surface area contributed by atoms with Crippen LogP contribution in [-0.2, 0) is 22.2 Å². The summed E-state index contributed by atoms with van der Waals surface area (Å²) >= 11 is 0. The maximum Gasteiger partial charge on any atom is 0.416 e. The van der Waals surface area contributed by atoms with Crippen LogP contribution in [0.3, 0.4) is 0 Å². The lowest BCUT2D eigenvalue weighted by Crippen LogP contribution is -2.35. The lowest BCUT2D eigenvalue weighted by Gasteiger charge is -2.20. The van der Waals surface area contributed by atoms with E-state index in [-0.39, 0.29) is 18.4 Å². The molecule has 1 aromatic rings. The molecule has 0 aliphatic carbocycles. The third-order valence-corrected chi connectivity index (χ3v) is 4.26. The van der Waals surface area contributed by atoms with Gasteiger partial charge in [-0.1, -0.05) is 19.1 Å². The number of carboxylic acids is 1. The molecule has 25 heavy (non-hydrogen) atoms. The second-order valence-corrected chi connectivity index (χ2v) is 6.73. The Morgan fingerprint density at radius 3 is 2.16 bits per heavy atom. The van der Waals surface area contributed by atoms with Crippen molar-refractivity contribution in [1.29, 1.82) is 0 Å². The van der Waals surface area contributed by atoms with Crippen LogP contribution in [0.1, 0.15) is 44.7 Å². The smallest absolute Gasteiger partial charge is 0.416 e. The lowest BCUT2D eigenvalue weighted by molar-refractivity contribution is -0.147. The number of carboxylic acid groups (broad SMARTS) is 1. The number of benzene rings is 1. The SMILES string of the molecule is CCC(Cc1ccc(C(F)(F)F)cc1)C(=O)NCCC(C)(C)C(=O)O. The number of amides is 1. The molecule has 1 rings (SSSR count). The molecule has 0 aliphatic heterocycles. The van der Waals surface area contributed by atoms with Crippen LogP contribution in [0.5, 0.6) is 0 Å². The molecule has 0 saturated heterocycles. The molecule has 0 bridgehead atoms. The Morgan fingerprint density at radius 1 is 1.16 bits per heavy atom. The van der Waals surface area contributed by atoms with Crippen LogP contribution in [0.15, 0.2) is 24.3 Å². The fraction of sp³-hybridized carbons (Fsp3) is 0.556. The second-order valence-electron chi connectivity index (χ2n) is 6.73. The number of aliphatic carboxylic acids is 1. The molecule has 0 radical (unpaired) electrons. The van der Waals surface area contributed by atoms with Gasteiger partial charge in [-0.15, -0.1) is 0 Å². The monoisotopic (exact) mass is 359 g/mol. The standard InChI is InChI=1S/C18H24F3NO3/c1-4-13(15(23)22-10-9-17(2,3)16(24)25)11-12-5-7-14(8-6-12)18(19,20)21/h5-8,13H,4,9-11H2,1-3H3,(H,22,23)(H,24,25). The van der Waals surface area contributed by atoms with E-state index < -0.39 is 23.1 Å². The summed E-state index contributed by atoms with van der Waals surface area (Å²) in [5.74, 6) is -1.52. The fourth-order valence-electron chi connectivity index (χ4n) is 2.29. The summed E-state index contributed by atoms with van der Waals surface area (Å²) in [6, 6.07) is 4.78. The molecule has 0 fully saturated rings. The normalized spacial score (nSPS) is 13.4. The van der Waals surface area contributed by atoms with Gasteiger partial charge in [-0.3, -0.25) is 9.59 Å². The van der Waals surface area contributed by atoms with E-state index in [2.05, 4.69) is 5.32 Å². The number of alkyl halides is 3. The van der Waals surface area contributed by atoms with Crippen molar-refractivity contribution in [1.82, 2.24) is 5.32 Å². The minimum atomic E-state index is -4.38. The van der Waals surface area contributed by atoms with Crippen LogP contribution in [-0.4, -0.2) is 23.5 Å².